The summed E-state index contributed by atoms with van der Waals surface area (Å²) in [6.07, 6.45) is 7.59. The van der Waals surface area contributed by atoms with Gasteiger partial charge in [0.15, 0.2) is 11.5 Å². The molecule has 3 aromatic rings. The monoisotopic (exact) mass is 887 g/mol. The first-order valence-corrected chi connectivity index (χ1v) is 23.7. The van der Waals surface area contributed by atoms with Gasteiger partial charge in [0, 0.05) is 31.2 Å². The van der Waals surface area contributed by atoms with Crippen molar-refractivity contribution in [2.24, 2.45) is 0 Å². The van der Waals surface area contributed by atoms with Crippen LogP contribution in [-0.2, 0) is 30.8 Å². The Bertz CT molecular complexity index is 2420. The van der Waals surface area contributed by atoms with E-state index in [0.717, 1.165) is 69.3 Å². The van der Waals surface area contributed by atoms with Gasteiger partial charge in [-0.05, 0) is 112 Å². The van der Waals surface area contributed by atoms with Crippen molar-refractivity contribution in [1.29, 1.82) is 0 Å². The number of nitrogens with one attached hydrogen (secondary N) is 2. The molecule has 17 heteroatoms. The highest BCUT2D eigenvalue weighted by Crippen LogP contribution is 2.39. The zero-order valence-electron chi connectivity index (χ0n) is 35.9. The Morgan fingerprint density at radius 1 is 0.905 bits per heavy atom. The second kappa shape index (κ2) is 19.4. The average molecular weight is 888 g/mol. The molecule has 0 spiro atoms. The van der Waals surface area contributed by atoms with Crippen LogP contribution in [0.4, 0.5) is 10.1 Å². The molecule has 6 amide bonds. The number of benzene rings is 3. The van der Waals surface area contributed by atoms with E-state index < -0.39 is 51.2 Å². The van der Waals surface area contributed by atoms with E-state index in [-0.39, 0.29) is 71.8 Å². The summed E-state index contributed by atoms with van der Waals surface area (Å²) in [7, 11) is -2.21. The van der Waals surface area contributed by atoms with E-state index in [1.807, 2.05) is 0 Å². The Labute approximate surface area is 366 Å². The van der Waals surface area contributed by atoms with Crippen molar-refractivity contribution in [2.45, 2.75) is 95.7 Å². The zero-order chi connectivity index (χ0) is 45.0. The van der Waals surface area contributed by atoms with Gasteiger partial charge in [-0.1, -0.05) is 37.5 Å². The van der Waals surface area contributed by atoms with Crippen molar-refractivity contribution >= 4 is 51.0 Å². The molecule has 3 aromatic carbocycles. The number of nitrogens with zero attached hydrogens (tertiary/aromatic N) is 3. The lowest BCUT2D eigenvalue weighted by atomic mass is 9.87. The number of rotatable bonds is 18. The van der Waals surface area contributed by atoms with Crippen LogP contribution >= 0.6 is 0 Å². The van der Waals surface area contributed by atoms with Crippen molar-refractivity contribution in [2.75, 3.05) is 50.7 Å². The molecule has 4 aliphatic heterocycles. The van der Waals surface area contributed by atoms with E-state index in [0.29, 0.717) is 41.2 Å². The summed E-state index contributed by atoms with van der Waals surface area (Å²) < 4.78 is 51.7. The third-order valence-corrected chi connectivity index (χ3v) is 13.3. The first kappa shape index (κ1) is 45.3. The zero-order valence-corrected chi connectivity index (χ0v) is 36.7. The van der Waals surface area contributed by atoms with Crippen LogP contribution in [0.2, 0.25) is 0 Å². The van der Waals surface area contributed by atoms with Gasteiger partial charge in [0.25, 0.3) is 17.7 Å². The van der Waals surface area contributed by atoms with Crippen molar-refractivity contribution in [3.05, 3.63) is 87.7 Å². The molecule has 0 aromatic heterocycles. The average Bonchev–Trinajstić information content (AvgIpc) is 3.70. The van der Waals surface area contributed by atoms with Gasteiger partial charge >= 0.3 is 0 Å². The number of imide groups is 2. The number of likely N-dealkylation sites (tertiary alicyclic amines) is 1. The Morgan fingerprint density at radius 3 is 2.37 bits per heavy atom. The molecule has 15 nitrogen and oxygen atoms in total. The van der Waals surface area contributed by atoms with Gasteiger partial charge in [-0.2, -0.15) is 0 Å². The second-order valence-electron chi connectivity index (χ2n) is 16.8. The van der Waals surface area contributed by atoms with Gasteiger partial charge in [-0.15, -0.1) is 0 Å². The lowest BCUT2D eigenvalue weighted by Crippen LogP contribution is -2.52. The minimum Gasteiger partial charge on any atom is -0.493 e. The Hall–Kier alpha value is -5.68. The van der Waals surface area contributed by atoms with E-state index in [1.165, 1.54) is 24.1 Å². The molecule has 0 bridgehead atoms. The van der Waals surface area contributed by atoms with Crippen LogP contribution in [0.1, 0.15) is 131 Å². The standard InChI is InChI=1S/C46H54FN5O10S/c1-4-62-39-24-29(14-16-38(39)61-2)37(27-63(3,59)60)52-45(57)31-11-10-12-35(42(31)46(52)58)48-40(53)13-8-6-5-7-9-20-50-21-18-28(19-22-50)32-23-30-26-51(44(56)33(30)25-34(32)47)36-15-17-41(54)49-43(36)55/h10-12,14,16,23-25,28,36-37H,4-9,13,15,17-22,26-27H2,1-3H3,(H,48,53)(H,49,54,55)/t36?,37-/m1/s1. The van der Waals surface area contributed by atoms with Crippen molar-refractivity contribution < 1.29 is 51.0 Å². The van der Waals surface area contributed by atoms with Crippen LogP contribution in [-0.4, -0.2) is 110 Å². The van der Waals surface area contributed by atoms with E-state index in [1.54, 1.807) is 43.3 Å². The maximum absolute atomic E-state index is 15.4. The highest BCUT2D eigenvalue weighted by Gasteiger charge is 2.44. The fourth-order valence-electron chi connectivity index (χ4n) is 9.22. The molecule has 2 saturated heterocycles. The fraction of sp³-hybridized carbons (Fsp3) is 0.478. The third kappa shape index (κ3) is 10.1. The van der Waals surface area contributed by atoms with Crippen LogP contribution in [0.15, 0.2) is 48.5 Å². The number of piperidine rings is 2. The number of methoxy groups -OCH3 is 1. The molecular weight excluding hydrogens is 834 g/mol. The predicted molar refractivity (Wildman–Crippen MR) is 231 cm³/mol. The van der Waals surface area contributed by atoms with Crippen LogP contribution in [0.3, 0.4) is 0 Å². The van der Waals surface area contributed by atoms with Crippen molar-refractivity contribution in [1.82, 2.24) is 20.0 Å². The van der Waals surface area contributed by atoms with Gasteiger partial charge in [-0.25, -0.2) is 12.8 Å². The first-order chi connectivity index (χ1) is 30.2. The van der Waals surface area contributed by atoms with E-state index in [9.17, 15) is 37.2 Å². The number of ether oxygens (including phenoxy) is 2. The molecule has 1 unspecified atom stereocenters. The van der Waals surface area contributed by atoms with E-state index in [4.69, 9.17) is 9.47 Å². The van der Waals surface area contributed by atoms with Gasteiger partial charge < -0.3 is 24.6 Å². The number of halogens is 1. The molecule has 0 radical (unpaired) electrons. The van der Waals surface area contributed by atoms with E-state index >= 15 is 4.39 Å². The second-order valence-corrected chi connectivity index (χ2v) is 19.0. The number of carbonyl (C=O) groups is 6. The van der Waals surface area contributed by atoms with Gasteiger partial charge in [0.05, 0.1) is 42.3 Å². The lowest BCUT2D eigenvalue weighted by molar-refractivity contribution is -0.137. The number of hydrogen-bond acceptors (Lipinski definition) is 11. The normalized spacial score (nSPS) is 18.7. The quantitative estimate of drug-likeness (QED) is 0.121. The highest BCUT2D eigenvalue weighted by atomic mass is 32.2. The molecule has 4 heterocycles. The van der Waals surface area contributed by atoms with Crippen molar-refractivity contribution in [3.63, 3.8) is 0 Å². The maximum Gasteiger partial charge on any atom is 0.264 e. The summed E-state index contributed by atoms with van der Waals surface area (Å²) in [6.45, 7) is 4.87. The summed E-state index contributed by atoms with van der Waals surface area (Å²) in [5.74, 6) is -3.03. The number of carbonyl (C=O) groups excluding carboxylic acids is 6. The number of anilines is 1. The fourth-order valence-corrected chi connectivity index (χ4v) is 10.1. The molecule has 2 fully saturated rings. The van der Waals surface area contributed by atoms with Crippen LogP contribution in [0.5, 0.6) is 11.5 Å². The summed E-state index contributed by atoms with van der Waals surface area (Å²) in [6, 6.07) is 10.6. The molecule has 0 aliphatic carbocycles. The number of hydrogen-bond donors (Lipinski definition) is 2. The largest absolute Gasteiger partial charge is 0.493 e. The number of amides is 6. The minimum atomic E-state index is -3.68. The van der Waals surface area contributed by atoms with Crippen LogP contribution < -0.4 is 20.1 Å². The number of sulfone groups is 1. The highest BCUT2D eigenvalue weighted by molar-refractivity contribution is 7.90. The lowest BCUT2D eigenvalue weighted by Gasteiger charge is -2.32. The Kier molecular flexibility index (Phi) is 13.9. The molecule has 4 aliphatic rings. The summed E-state index contributed by atoms with van der Waals surface area (Å²) in [4.78, 5) is 82.7. The van der Waals surface area contributed by atoms with Crippen molar-refractivity contribution in [3.8, 4) is 11.5 Å². The van der Waals surface area contributed by atoms with Crippen LogP contribution in [0.25, 0.3) is 0 Å². The first-order valence-electron chi connectivity index (χ1n) is 21.7. The number of fused-ring (bicyclic) bond motifs is 2. The SMILES string of the molecule is CCOc1cc([C@@H](CS(C)(=O)=O)N2C(=O)c3cccc(NC(=O)CCCCCCCN4CCC(c5cc6c(cc5F)C(=O)N(C5CCC(=O)NC5=O)C6)CC4)c3C2=O)ccc1OC. The molecule has 336 valence electrons. The topological polar surface area (TPSA) is 189 Å². The van der Waals surface area contributed by atoms with Crippen LogP contribution in [0, 0.1) is 5.82 Å². The molecule has 2 N–H and O–H groups in total. The Balaban J connectivity index is 0.850. The molecule has 2 atom stereocenters. The molecule has 0 saturated carbocycles. The minimum absolute atomic E-state index is 0.0178. The Morgan fingerprint density at radius 2 is 1.65 bits per heavy atom. The number of unbranched alkanes of at least 4 members (excludes halogenated alkanes) is 4. The smallest absolute Gasteiger partial charge is 0.264 e. The third-order valence-electron chi connectivity index (χ3n) is 12.4. The van der Waals surface area contributed by atoms with Gasteiger partial charge in [0.2, 0.25) is 17.7 Å². The maximum atomic E-state index is 15.4. The summed E-state index contributed by atoms with van der Waals surface area (Å²) in [5, 5.41) is 5.11. The molecular formula is C46H54FN5O10S. The summed E-state index contributed by atoms with van der Waals surface area (Å²) in [5.41, 5.74) is 2.26. The molecule has 63 heavy (non-hydrogen) atoms. The van der Waals surface area contributed by atoms with E-state index in [2.05, 4.69) is 15.5 Å². The summed E-state index contributed by atoms with van der Waals surface area (Å²) >= 11 is 0. The predicted octanol–water partition coefficient (Wildman–Crippen LogP) is 5.53. The molecule has 7 rings (SSSR count). The van der Waals surface area contributed by atoms with Gasteiger partial charge in [0.1, 0.15) is 21.7 Å². The van der Waals surface area contributed by atoms with Gasteiger partial charge in [-0.3, -0.25) is 39.0 Å².